The quantitative estimate of drug-likeness (QED) is 0.529. The number of carbonyl (C=O) groups excluding carboxylic acids is 1. The first-order valence-corrected chi connectivity index (χ1v) is 8.51. The van der Waals surface area contributed by atoms with Gasteiger partial charge in [0.1, 0.15) is 11.6 Å². The molecule has 3 N–H and O–H groups in total. The lowest BCUT2D eigenvalue weighted by Gasteiger charge is -2.11. The van der Waals surface area contributed by atoms with E-state index in [-0.39, 0.29) is 11.7 Å². The van der Waals surface area contributed by atoms with Crippen LogP contribution >= 0.6 is 11.8 Å². The van der Waals surface area contributed by atoms with Crippen molar-refractivity contribution < 1.29 is 13.6 Å². The van der Waals surface area contributed by atoms with Gasteiger partial charge in [-0.3, -0.25) is 4.79 Å². The molecule has 26 heavy (non-hydrogen) atoms. The monoisotopic (exact) mass is 375 g/mol. The molecule has 1 amide bonds. The maximum absolute atomic E-state index is 13.4. The number of rotatable bonds is 5. The van der Waals surface area contributed by atoms with Crippen LogP contribution in [0.1, 0.15) is 6.92 Å². The van der Waals surface area contributed by atoms with E-state index in [9.17, 15) is 13.6 Å². The molecule has 2 aromatic carbocycles. The maximum Gasteiger partial charge on any atom is 0.237 e. The smallest absolute Gasteiger partial charge is 0.237 e. The molecule has 0 saturated heterocycles. The van der Waals surface area contributed by atoms with Gasteiger partial charge in [0, 0.05) is 11.3 Å². The Bertz CT molecular complexity index is 946. The van der Waals surface area contributed by atoms with Crippen molar-refractivity contribution in [1.29, 1.82) is 0 Å². The van der Waals surface area contributed by atoms with Crippen LogP contribution in [0.5, 0.6) is 0 Å². The number of thioether (sulfide) groups is 1. The number of nitrogens with zero attached hydrogens (tertiary/aromatic N) is 3. The number of carbonyl (C=O) groups is 1. The molecule has 134 valence electrons. The summed E-state index contributed by atoms with van der Waals surface area (Å²) in [5.74, 6) is 5.06. The van der Waals surface area contributed by atoms with Gasteiger partial charge in [-0.2, -0.15) is 0 Å². The third-order valence-electron chi connectivity index (χ3n) is 3.49. The highest BCUT2D eigenvalue weighted by molar-refractivity contribution is 8.00. The van der Waals surface area contributed by atoms with Crippen LogP contribution in [0.15, 0.2) is 53.7 Å². The second-order valence-electron chi connectivity index (χ2n) is 5.45. The molecule has 1 heterocycles. The molecule has 6 nitrogen and oxygen atoms in total. The zero-order valence-corrected chi connectivity index (χ0v) is 14.5. The highest BCUT2D eigenvalue weighted by Gasteiger charge is 2.20. The summed E-state index contributed by atoms with van der Waals surface area (Å²) in [6, 6.07) is 11.4. The van der Waals surface area contributed by atoms with E-state index in [0.29, 0.717) is 16.4 Å². The van der Waals surface area contributed by atoms with Crippen molar-refractivity contribution >= 4 is 23.4 Å². The molecule has 3 rings (SSSR count). The zero-order valence-electron chi connectivity index (χ0n) is 13.7. The molecule has 3 aromatic rings. The molecule has 9 heteroatoms. The van der Waals surface area contributed by atoms with Crippen molar-refractivity contribution in [2.24, 2.45) is 0 Å². The van der Waals surface area contributed by atoms with E-state index in [2.05, 4.69) is 15.5 Å². The Morgan fingerprint density at radius 2 is 1.85 bits per heavy atom. The number of anilines is 1. The summed E-state index contributed by atoms with van der Waals surface area (Å²) in [5, 5.41) is 10.3. The molecule has 1 atom stereocenters. The Kier molecular flexibility index (Phi) is 5.17. The Balaban J connectivity index is 1.71. The number of hydrogen-bond acceptors (Lipinski definition) is 5. The molecule has 0 aliphatic carbocycles. The first kappa shape index (κ1) is 17.9. The number of benzene rings is 2. The number of nitrogens with two attached hydrogens (primary N) is 1. The lowest BCUT2D eigenvalue weighted by atomic mass is 10.2. The summed E-state index contributed by atoms with van der Waals surface area (Å²) in [7, 11) is 0. The number of amides is 1. The predicted molar refractivity (Wildman–Crippen MR) is 95.9 cm³/mol. The van der Waals surface area contributed by atoms with Crippen molar-refractivity contribution in [2.75, 3.05) is 11.2 Å². The van der Waals surface area contributed by atoms with Crippen molar-refractivity contribution in [3.05, 3.63) is 60.2 Å². The summed E-state index contributed by atoms with van der Waals surface area (Å²) in [5.41, 5.74) is 0.834. The van der Waals surface area contributed by atoms with Crippen LogP contribution in [0.2, 0.25) is 0 Å². The van der Waals surface area contributed by atoms with Crippen LogP contribution in [-0.2, 0) is 4.79 Å². The molecular formula is C17H15F2N5OS. The summed E-state index contributed by atoms with van der Waals surface area (Å²) in [4.78, 5) is 12.3. The van der Waals surface area contributed by atoms with E-state index < -0.39 is 16.9 Å². The molecule has 0 unspecified atom stereocenters. The van der Waals surface area contributed by atoms with E-state index in [1.165, 1.54) is 35.0 Å². The second-order valence-corrected chi connectivity index (χ2v) is 6.75. The molecule has 0 saturated carbocycles. The standard InChI is InChI=1S/C17H15F2N5OS/c1-10(16(25)21-14-7-3-6-13(19)9-14)26-17-23-22-15(24(17)20)11-4-2-5-12(18)8-11/h2-10H,20H2,1H3,(H,21,25)/t10-/m0/s1. The number of aromatic nitrogens is 3. The van der Waals surface area contributed by atoms with E-state index in [0.717, 1.165) is 11.8 Å². The number of nitrogen functional groups attached to an aromatic ring is 1. The van der Waals surface area contributed by atoms with E-state index in [1.807, 2.05) is 0 Å². The average molecular weight is 375 g/mol. The van der Waals surface area contributed by atoms with Crippen LogP contribution in [0, 0.1) is 11.6 Å². The highest BCUT2D eigenvalue weighted by Crippen LogP contribution is 2.25. The van der Waals surface area contributed by atoms with Gasteiger partial charge in [0.05, 0.1) is 5.25 Å². The lowest BCUT2D eigenvalue weighted by molar-refractivity contribution is -0.115. The van der Waals surface area contributed by atoms with E-state index >= 15 is 0 Å². The van der Waals surface area contributed by atoms with Crippen molar-refractivity contribution in [3.63, 3.8) is 0 Å². The number of halogens is 2. The van der Waals surface area contributed by atoms with Crippen molar-refractivity contribution in [2.45, 2.75) is 17.3 Å². The highest BCUT2D eigenvalue weighted by atomic mass is 32.2. The minimum absolute atomic E-state index is 0.282. The SMILES string of the molecule is C[C@H](Sc1nnc(-c2cccc(F)c2)n1N)C(=O)Nc1cccc(F)c1. The van der Waals surface area contributed by atoms with E-state index in [1.54, 1.807) is 25.1 Å². The Hall–Kier alpha value is -2.94. The second kappa shape index (κ2) is 7.52. The fourth-order valence-electron chi connectivity index (χ4n) is 2.20. The zero-order chi connectivity index (χ0) is 18.7. The molecule has 1 aromatic heterocycles. The van der Waals surface area contributed by atoms with Gasteiger partial charge in [0.15, 0.2) is 5.82 Å². The van der Waals surface area contributed by atoms with Gasteiger partial charge in [0.25, 0.3) is 0 Å². The lowest BCUT2D eigenvalue weighted by Crippen LogP contribution is -2.23. The molecule has 0 fully saturated rings. The Morgan fingerprint density at radius 3 is 2.54 bits per heavy atom. The van der Waals surface area contributed by atoms with Gasteiger partial charge in [-0.1, -0.05) is 30.0 Å². The molecule has 0 aliphatic rings. The summed E-state index contributed by atoms with van der Waals surface area (Å²) in [6.45, 7) is 1.66. The third kappa shape index (κ3) is 3.99. The molecule has 0 radical (unpaired) electrons. The normalized spacial score (nSPS) is 12.0. The first-order chi connectivity index (χ1) is 12.4. The molecule has 0 aliphatic heterocycles. The maximum atomic E-state index is 13.4. The minimum Gasteiger partial charge on any atom is -0.335 e. The predicted octanol–water partition coefficient (Wildman–Crippen LogP) is 3.06. The van der Waals surface area contributed by atoms with Gasteiger partial charge in [-0.25, -0.2) is 13.5 Å². The van der Waals surface area contributed by atoms with Crippen LogP contribution < -0.4 is 11.2 Å². The van der Waals surface area contributed by atoms with Gasteiger partial charge in [0.2, 0.25) is 11.1 Å². The van der Waals surface area contributed by atoms with Crippen molar-refractivity contribution in [1.82, 2.24) is 14.9 Å². The number of hydrogen-bond donors (Lipinski definition) is 2. The molecule has 0 spiro atoms. The van der Waals surface area contributed by atoms with Crippen LogP contribution in [0.25, 0.3) is 11.4 Å². The minimum atomic E-state index is -0.565. The van der Waals surface area contributed by atoms with Gasteiger partial charge in [-0.05, 0) is 37.3 Å². The number of nitrogens with one attached hydrogen (secondary N) is 1. The first-order valence-electron chi connectivity index (χ1n) is 7.63. The van der Waals surface area contributed by atoms with Crippen LogP contribution in [-0.4, -0.2) is 26.0 Å². The Labute approximate surface area is 152 Å². The van der Waals surface area contributed by atoms with Crippen LogP contribution in [0.3, 0.4) is 0 Å². The van der Waals surface area contributed by atoms with Gasteiger partial charge >= 0.3 is 0 Å². The molecule has 0 bridgehead atoms. The van der Waals surface area contributed by atoms with Crippen LogP contribution in [0.4, 0.5) is 14.5 Å². The average Bonchev–Trinajstić information content (AvgIpc) is 2.95. The Morgan fingerprint density at radius 1 is 1.15 bits per heavy atom. The topological polar surface area (TPSA) is 85.8 Å². The fourth-order valence-corrected chi connectivity index (χ4v) is 2.97. The largest absolute Gasteiger partial charge is 0.335 e. The van der Waals surface area contributed by atoms with Crippen molar-refractivity contribution in [3.8, 4) is 11.4 Å². The van der Waals surface area contributed by atoms with Gasteiger partial charge < -0.3 is 11.2 Å². The molecular weight excluding hydrogens is 360 g/mol. The van der Waals surface area contributed by atoms with Gasteiger partial charge in [-0.15, -0.1) is 10.2 Å². The summed E-state index contributed by atoms with van der Waals surface area (Å²) in [6.07, 6.45) is 0. The van der Waals surface area contributed by atoms with E-state index in [4.69, 9.17) is 5.84 Å². The fraction of sp³-hybridized carbons (Fsp3) is 0.118. The summed E-state index contributed by atoms with van der Waals surface area (Å²) >= 11 is 1.09. The summed E-state index contributed by atoms with van der Waals surface area (Å²) < 4.78 is 27.7. The third-order valence-corrected chi connectivity index (χ3v) is 4.55.